The summed E-state index contributed by atoms with van der Waals surface area (Å²) in [4.78, 5) is 4.73. The molecular weight excluding hydrogens is 375 g/mol. The van der Waals surface area contributed by atoms with Crippen LogP contribution in [-0.2, 0) is 0 Å². The average Bonchev–Trinajstić information content (AvgIpc) is 2.77. The summed E-state index contributed by atoms with van der Waals surface area (Å²) in [7, 11) is -0.762. The molecule has 142 valence electrons. The lowest BCUT2D eigenvalue weighted by Crippen LogP contribution is -2.20. The number of benzene rings is 4. The van der Waals surface area contributed by atoms with Gasteiger partial charge in [0.05, 0.1) is 5.69 Å². The number of anilines is 1. The van der Waals surface area contributed by atoms with E-state index >= 15 is 0 Å². The maximum absolute atomic E-state index is 10.1. The van der Waals surface area contributed by atoms with Crippen molar-refractivity contribution in [2.75, 3.05) is 5.73 Å². The zero-order chi connectivity index (χ0) is 20.1. The fourth-order valence-corrected chi connectivity index (χ4v) is 5.55. The number of phenolic OH excluding ortho intramolecular Hbond substituents is 1. The molecule has 0 heterocycles. The molecule has 0 spiro atoms. The van der Waals surface area contributed by atoms with Gasteiger partial charge in [0.25, 0.3) is 0 Å². The Morgan fingerprint density at radius 3 is 1.97 bits per heavy atom. The summed E-state index contributed by atoms with van der Waals surface area (Å²) in [6.45, 7) is 0. The molecule has 0 saturated carbocycles. The predicted molar refractivity (Wildman–Crippen MR) is 125 cm³/mol. The smallest absolute Gasteiger partial charge is 0.124 e. The number of rotatable bonds is 5. The second-order valence-electron chi connectivity index (χ2n) is 6.57. The monoisotopic (exact) mass is 396 g/mol. The van der Waals surface area contributed by atoms with E-state index in [1.165, 1.54) is 15.9 Å². The van der Waals surface area contributed by atoms with Crippen LogP contribution in [0, 0.1) is 0 Å². The summed E-state index contributed by atoms with van der Waals surface area (Å²) in [6.07, 6.45) is 1.67. The van der Waals surface area contributed by atoms with Crippen LogP contribution in [0.4, 0.5) is 11.4 Å². The Hall–Kier alpha value is -3.42. The van der Waals surface area contributed by atoms with Crippen LogP contribution >= 0.6 is 7.92 Å². The van der Waals surface area contributed by atoms with Gasteiger partial charge in [-0.15, -0.1) is 0 Å². The van der Waals surface area contributed by atoms with E-state index < -0.39 is 7.92 Å². The first-order valence-electron chi connectivity index (χ1n) is 9.34. The molecule has 0 fully saturated rings. The quantitative estimate of drug-likeness (QED) is 0.226. The Bertz CT molecular complexity index is 1090. The molecule has 0 amide bonds. The van der Waals surface area contributed by atoms with Crippen LogP contribution in [0.1, 0.15) is 5.56 Å². The van der Waals surface area contributed by atoms with Crippen LogP contribution in [0.5, 0.6) is 5.75 Å². The molecule has 4 aromatic carbocycles. The Balaban J connectivity index is 1.81. The zero-order valence-corrected chi connectivity index (χ0v) is 16.7. The Labute approximate surface area is 171 Å². The third kappa shape index (κ3) is 4.37. The third-order valence-corrected chi connectivity index (χ3v) is 7.03. The highest BCUT2D eigenvalue weighted by Gasteiger charge is 2.18. The Morgan fingerprint density at radius 1 is 0.724 bits per heavy atom. The molecule has 0 radical (unpaired) electrons. The molecule has 0 aliphatic carbocycles. The highest BCUT2D eigenvalue weighted by atomic mass is 31.1. The summed E-state index contributed by atoms with van der Waals surface area (Å²) in [5.74, 6) is 0.161. The van der Waals surface area contributed by atoms with E-state index in [2.05, 4.69) is 54.6 Å². The average molecular weight is 396 g/mol. The molecule has 29 heavy (non-hydrogen) atoms. The number of hydrogen-bond acceptors (Lipinski definition) is 3. The molecule has 0 saturated heterocycles. The van der Waals surface area contributed by atoms with Crippen LogP contribution in [0.25, 0.3) is 0 Å². The number of nitrogens with two attached hydrogens (primary N) is 1. The van der Waals surface area contributed by atoms with Crippen molar-refractivity contribution in [1.29, 1.82) is 0 Å². The molecule has 0 aliphatic rings. The number of para-hydroxylation sites is 1. The van der Waals surface area contributed by atoms with Crippen LogP contribution in [0.2, 0.25) is 0 Å². The van der Waals surface area contributed by atoms with Gasteiger partial charge >= 0.3 is 0 Å². The number of phenols is 1. The molecule has 0 aliphatic heterocycles. The van der Waals surface area contributed by atoms with Crippen molar-refractivity contribution in [2.24, 2.45) is 4.99 Å². The van der Waals surface area contributed by atoms with E-state index in [-0.39, 0.29) is 5.75 Å². The first-order chi connectivity index (χ1) is 14.2. The molecular formula is C25H21N2OP. The normalized spacial score (nSPS) is 11.2. The van der Waals surface area contributed by atoms with Gasteiger partial charge in [-0.05, 0) is 42.8 Å². The second-order valence-corrected chi connectivity index (χ2v) is 8.76. The first-order valence-corrected chi connectivity index (χ1v) is 10.7. The number of hydrogen-bond donors (Lipinski definition) is 2. The Morgan fingerprint density at radius 2 is 1.31 bits per heavy atom. The highest BCUT2D eigenvalue weighted by Crippen LogP contribution is 2.36. The van der Waals surface area contributed by atoms with Crippen LogP contribution in [0.3, 0.4) is 0 Å². The van der Waals surface area contributed by atoms with Crippen LogP contribution in [0.15, 0.2) is 108 Å². The molecule has 0 bridgehead atoms. The van der Waals surface area contributed by atoms with Crippen molar-refractivity contribution in [2.45, 2.75) is 0 Å². The van der Waals surface area contributed by atoms with Gasteiger partial charge in [0.2, 0.25) is 0 Å². The lowest BCUT2D eigenvalue weighted by atomic mass is 10.2. The number of aromatic hydroxyl groups is 1. The molecule has 4 aromatic rings. The SMILES string of the molecule is Nc1ccc(O)c(C=Nc2ccccc2P(c2ccccc2)c2ccccc2)c1. The molecule has 0 atom stereocenters. The van der Waals surface area contributed by atoms with Gasteiger partial charge in [-0.1, -0.05) is 78.9 Å². The fourth-order valence-electron chi connectivity index (χ4n) is 3.16. The summed E-state index contributed by atoms with van der Waals surface area (Å²) < 4.78 is 0. The predicted octanol–water partition coefficient (Wildman–Crippen LogP) is 4.48. The lowest BCUT2D eigenvalue weighted by Gasteiger charge is -2.20. The van der Waals surface area contributed by atoms with E-state index in [0.717, 1.165) is 5.69 Å². The maximum atomic E-state index is 10.1. The van der Waals surface area contributed by atoms with Gasteiger partial charge < -0.3 is 10.8 Å². The highest BCUT2D eigenvalue weighted by molar-refractivity contribution is 7.80. The zero-order valence-electron chi connectivity index (χ0n) is 15.8. The van der Waals surface area contributed by atoms with Gasteiger partial charge in [-0.25, -0.2) is 0 Å². The van der Waals surface area contributed by atoms with E-state index in [1.807, 2.05) is 30.3 Å². The Kier molecular flexibility index (Phi) is 5.69. The summed E-state index contributed by atoms with van der Waals surface area (Å²) in [6, 6.07) is 34.2. The molecule has 4 rings (SSSR count). The van der Waals surface area contributed by atoms with Gasteiger partial charge in [0.1, 0.15) is 5.75 Å². The van der Waals surface area contributed by atoms with E-state index in [9.17, 15) is 5.11 Å². The van der Waals surface area contributed by atoms with Gasteiger partial charge in [-0.2, -0.15) is 0 Å². The van der Waals surface area contributed by atoms with Crippen molar-refractivity contribution >= 4 is 41.4 Å². The minimum Gasteiger partial charge on any atom is -0.507 e. The standard InChI is InChI=1S/C25H21N2OP/c26-20-15-16-24(28)19(17-20)18-27-23-13-7-8-14-25(23)29(21-9-3-1-4-10-21)22-11-5-2-6-12-22/h1-18,28H,26H2. The van der Waals surface area contributed by atoms with Gasteiger partial charge in [0.15, 0.2) is 0 Å². The number of aliphatic imine (C=N–C) groups is 1. The van der Waals surface area contributed by atoms with Crippen molar-refractivity contribution in [1.82, 2.24) is 0 Å². The maximum Gasteiger partial charge on any atom is 0.124 e. The van der Waals surface area contributed by atoms with Gasteiger partial charge in [0, 0.05) is 22.8 Å². The largest absolute Gasteiger partial charge is 0.507 e. The molecule has 0 aromatic heterocycles. The van der Waals surface area contributed by atoms with Crippen LogP contribution in [-0.4, -0.2) is 11.3 Å². The van der Waals surface area contributed by atoms with Crippen molar-refractivity contribution in [3.05, 3.63) is 109 Å². The molecule has 3 N–H and O–H groups in total. The van der Waals surface area contributed by atoms with Crippen molar-refractivity contribution < 1.29 is 5.11 Å². The first kappa shape index (κ1) is 18.9. The van der Waals surface area contributed by atoms with E-state index in [0.29, 0.717) is 11.3 Å². The number of nitrogens with zero attached hydrogens (tertiary/aromatic N) is 1. The van der Waals surface area contributed by atoms with Crippen molar-refractivity contribution in [3.63, 3.8) is 0 Å². The summed E-state index contributed by atoms with van der Waals surface area (Å²) in [5.41, 5.74) is 7.93. The topological polar surface area (TPSA) is 58.6 Å². The summed E-state index contributed by atoms with van der Waals surface area (Å²) in [5, 5.41) is 13.8. The molecule has 4 heteroatoms. The minimum atomic E-state index is -0.762. The third-order valence-electron chi connectivity index (χ3n) is 4.55. The molecule has 0 unspecified atom stereocenters. The lowest BCUT2D eigenvalue weighted by molar-refractivity contribution is 0.474. The van der Waals surface area contributed by atoms with E-state index in [4.69, 9.17) is 10.7 Å². The molecule has 3 nitrogen and oxygen atoms in total. The van der Waals surface area contributed by atoms with E-state index in [1.54, 1.807) is 24.4 Å². The van der Waals surface area contributed by atoms with Crippen LogP contribution < -0.4 is 21.6 Å². The minimum absolute atomic E-state index is 0.161. The van der Waals surface area contributed by atoms with Crippen molar-refractivity contribution in [3.8, 4) is 5.75 Å². The second kappa shape index (κ2) is 8.72. The fraction of sp³-hybridized carbons (Fsp3) is 0. The number of nitrogen functional groups attached to an aromatic ring is 1. The van der Waals surface area contributed by atoms with Gasteiger partial charge in [-0.3, -0.25) is 4.99 Å². The summed E-state index contributed by atoms with van der Waals surface area (Å²) >= 11 is 0.